The van der Waals surface area contributed by atoms with Crippen LogP contribution in [0.3, 0.4) is 0 Å². The number of carbonyl (C=O) groups is 2. The molecule has 2 saturated carbocycles. The first kappa shape index (κ1) is 44.9. The van der Waals surface area contributed by atoms with Crippen molar-refractivity contribution < 1.29 is 32.3 Å². The summed E-state index contributed by atoms with van der Waals surface area (Å²) < 4.78 is 62.0. The number of nitrogens with zero attached hydrogens (tertiary/aromatic N) is 10. The molecule has 1 N–H and O–H groups in total. The number of imidazole rings is 1. The number of aliphatic carboxylic acids is 1. The Kier molecular flexibility index (Phi) is 11.8. The van der Waals surface area contributed by atoms with E-state index in [1.165, 1.54) is 16.8 Å². The van der Waals surface area contributed by atoms with E-state index in [9.17, 15) is 32.7 Å². The quantitative estimate of drug-likeness (QED) is 0.119. The lowest BCUT2D eigenvalue weighted by molar-refractivity contribution is -0.192. The number of halogens is 5. The second-order valence-corrected chi connectivity index (χ2v) is 19.1. The number of aromatic nitrogens is 7. The van der Waals surface area contributed by atoms with Gasteiger partial charge in [-0.15, -0.1) is 0 Å². The Hall–Kier alpha value is -5.88. The Bertz CT molecular complexity index is 2930. The molecular formula is C48H51ClF4N10O4. The molecule has 4 aliphatic rings. The van der Waals surface area contributed by atoms with Crippen molar-refractivity contribution in [2.45, 2.75) is 109 Å². The van der Waals surface area contributed by atoms with Gasteiger partial charge < -0.3 is 24.4 Å². The summed E-state index contributed by atoms with van der Waals surface area (Å²) in [5.41, 5.74) is 2.71. The summed E-state index contributed by atoms with van der Waals surface area (Å²) in [6, 6.07) is 11.3. The number of pyridine rings is 2. The van der Waals surface area contributed by atoms with E-state index in [-0.39, 0.29) is 63.1 Å². The van der Waals surface area contributed by atoms with Gasteiger partial charge in [-0.1, -0.05) is 36.9 Å². The number of likely N-dealkylation sites (tertiary alicyclic amines) is 1. The molecule has 0 spiro atoms. The minimum absolute atomic E-state index is 0.0195. The van der Waals surface area contributed by atoms with Gasteiger partial charge in [-0.25, -0.2) is 24.1 Å². The van der Waals surface area contributed by atoms with E-state index in [0.29, 0.717) is 83.6 Å². The van der Waals surface area contributed by atoms with E-state index in [1.807, 2.05) is 26.5 Å². The summed E-state index contributed by atoms with van der Waals surface area (Å²) in [6.07, 6.45) is 5.17. The molecule has 1 saturated heterocycles. The molecule has 0 unspecified atom stereocenters. The molecular weight excluding hydrogens is 892 g/mol. The highest BCUT2D eigenvalue weighted by Gasteiger charge is 2.63. The van der Waals surface area contributed by atoms with Crippen LogP contribution >= 0.6 is 11.6 Å². The number of alkyl halides is 3. The Labute approximate surface area is 388 Å². The normalized spacial score (nSPS) is 18.1. The summed E-state index contributed by atoms with van der Waals surface area (Å²) in [6.45, 7) is 3.48. The lowest BCUT2D eigenvalue weighted by atomic mass is 9.94. The predicted molar refractivity (Wildman–Crippen MR) is 243 cm³/mol. The molecule has 1 amide bonds. The molecule has 10 rings (SSSR count). The van der Waals surface area contributed by atoms with Gasteiger partial charge in [-0.3, -0.25) is 18.7 Å². The van der Waals surface area contributed by atoms with Gasteiger partial charge in [-0.2, -0.15) is 18.2 Å². The molecule has 14 nitrogen and oxygen atoms in total. The van der Waals surface area contributed by atoms with E-state index >= 15 is 4.39 Å². The van der Waals surface area contributed by atoms with Crippen LogP contribution in [0.2, 0.25) is 5.02 Å². The fourth-order valence-corrected chi connectivity index (χ4v) is 10.8. The summed E-state index contributed by atoms with van der Waals surface area (Å²) in [5, 5.41) is 10.9. The number of carboxylic acids is 1. The monoisotopic (exact) mass is 942 g/mol. The summed E-state index contributed by atoms with van der Waals surface area (Å²) in [5.74, 6) is -1.38. The maximum absolute atomic E-state index is 15.1. The number of piperidine rings is 1. The van der Waals surface area contributed by atoms with Crippen molar-refractivity contribution in [1.29, 1.82) is 0 Å². The number of carboxylic acid groups (broad SMARTS) is 1. The van der Waals surface area contributed by atoms with Crippen LogP contribution in [-0.4, -0.2) is 105 Å². The highest BCUT2D eigenvalue weighted by Crippen LogP contribution is 2.58. The summed E-state index contributed by atoms with van der Waals surface area (Å²) >= 11 is 6.05. The highest BCUT2D eigenvalue weighted by atomic mass is 35.5. The van der Waals surface area contributed by atoms with Gasteiger partial charge in [-0.05, 0) is 93.8 Å². The minimum Gasteiger partial charge on any atom is -0.481 e. The fourth-order valence-electron chi connectivity index (χ4n) is 10.7. The maximum Gasteiger partial charge on any atom is 0.395 e. The lowest BCUT2D eigenvalue weighted by Crippen LogP contribution is -2.43. The molecule has 0 bridgehead atoms. The van der Waals surface area contributed by atoms with Crippen molar-refractivity contribution in [3.63, 3.8) is 0 Å². The number of hydrogen-bond donors (Lipinski definition) is 1. The molecule has 1 aromatic carbocycles. The second-order valence-electron chi connectivity index (χ2n) is 18.7. The minimum atomic E-state index is -4.27. The average Bonchev–Trinajstić information content (AvgIpc) is 3.97. The summed E-state index contributed by atoms with van der Waals surface area (Å²) in [4.78, 5) is 65.7. The number of rotatable bonds is 12. The Morgan fingerprint density at radius 1 is 0.970 bits per heavy atom. The zero-order chi connectivity index (χ0) is 46.8. The van der Waals surface area contributed by atoms with Crippen LogP contribution in [0.4, 0.5) is 23.5 Å². The molecule has 67 heavy (non-hydrogen) atoms. The molecule has 3 fully saturated rings. The van der Waals surface area contributed by atoms with Crippen molar-refractivity contribution in [3.8, 4) is 5.69 Å². The molecule has 2 aliphatic carbocycles. The molecule has 5 aromatic heterocycles. The molecule has 6 aromatic rings. The molecule has 2 aliphatic heterocycles. The van der Waals surface area contributed by atoms with Crippen molar-refractivity contribution in [2.75, 3.05) is 37.6 Å². The molecule has 19 heteroatoms. The van der Waals surface area contributed by atoms with E-state index in [0.717, 1.165) is 48.7 Å². The van der Waals surface area contributed by atoms with Crippen molar-refractivity contribution in [3.05, 3.63) is 104 Å². The highest BCUT2D eigenvalue weighted by molar-refractivity contribution is 6.30. The van der Waals surface area contributed by atoms with Gasteiger partial charge in [0.25, 0.3) is 5.91 Å². The average molecular weight is 943 g/mol. The lowest BCUT2D eigenvalue weighted by Gasteiger charge is -2.35. The van der Waals surface area contributed by atoms with Gasteiger partial charge in [0.1, 0.15) is 22.7 Å². The summed E-state index contributed by atoms with van der Waals surface area (Å²) in [7, 11) is 0. The first-order valence-electron chi connectivity index (χ1n) is 23.1. The standard InChI is InChI=1S/C48H51ClF4N10O4/c1-29-41-43(57-45(56-29)60(23-16-40(64)65)32-6-3-2-4-7-32)63(33-13-20-58(21-14-33)28-47(17-18-47)48(51,52)53)46(67)62(41)34-11-12-38(55-25-34)44(66)59-22-15-35-36-8-5-19-54-42(36)61(39(35)27-59)26-30-9-10-31(49)24-37(30)50/h5,8-12,19,24-25,32-33H,2-4,6-7,13-18,20-23,26-28H2,1H3,(H,64,65). The third kappa shape index (κ3) is 8.44. The van der Waals surface area contributed by atoms with Crippen LogP contribution in [0.1, 0.15) is 103 Å². The third-order valence-electron chi connectivity index (χ3n) is 14.5. The van der Waals surface area contributed by atoms with Crippen molar-refractivity contribution in [1.82, 2.24) is 43.4 Å². The molecule has 7 heterocycles. The van der Waals surface area contributed by atoms with Gasteiger partial charge in [0.15, 0.2) is 5.65 Å². The number of benzene rings is 1. The smallest absolute Gasteiger partial charge is 0.395 e. The number of carbonyl (C=O) groups excluding carboxylic acids is 1. The van der Waals surface area contributed by atoms with E-state index in [1.54, 1.807) is 46.9 Å². The van der Waals surface area contributed by atoms with Gasteiger partial charge in [0.05, 0.1) is 42.5 Å². The largest absolute Gasteiger partial charge is 0.481 e. The van der Waals surface area contributed by atoms with Crippen LogP contribution in [0.25, 0.3) is 27.9 Å². The zero-order valence-electron chi connectivity index (χ0n) is 37.1. The number of anilines is 1. The van der Waals surface area contributed by atoms with Gasteiger partial charge in [0, 0.05) is 72.7 Å². The SMILES string of the molecule is Cc1nc(N(CCC(=O)O)C2CCCCC2)nc2c1n(-c1ccc(C(=O)N3CCc4c(n(Cc5ccc(Cl)cc5F)c5ncccc45)C3)nc1)c(=O)n2C1CCN(CC2(C(F)(F)F)CC2)CC1. The topological polar surface area (TPSA) is 148 Å². The first-order chi connectivity index (χ1) is 32.2. The van der Waals surface area contributed by atoms with Crippen LogP contribution in [0.15, 0.2) is 59.7 Å². The molecule has 0 radical (unpaired) electrons. The van der Waals surface area contributed by atoms with E-state index in [2.05, 4.69) is 9.97 Å². The van der Waals surface area contributed by atoms with Crippen LogP contribution < -0.4 is 10.6 Å². The molecule has 0 atom stereocenters. The second kappa shape index (κ2) is 17.6. The third-order valence-corrected chi connectivity index (χ3v) is 14.7. The van der Waals surface area contributed by atoms with Gasteiger partial charge >= 0.3 is 17.8 Å². The number of hydrogen-bond acceptors (Lipinski definition) is 9. The number of fused-ring (bicyclic) bond motifs is 4. The molecule has 352 valence electrons. The Balaban J connectivity index is 0.973. The van der Waals surface area contributed by atoms with Crippen molar-refractivity contribution >= 4 is 51.6 Å². The van der Waals surface area contributed by atoms with E-state index in [4.69, 9.17) is 21.6 Å². The number of amides is 1. The Morgan fingerprint density at radius 3 is 2.43 bits per heavy atom. The van der Waals surface area contributed by atoms with E-state index < -0.39 is 35.1 Å². The van der Waals surface area contributed by atoms with Crippen molar-refractivity contribution in [2.24, 2.45) is 5.41 Å². The van der Waals surface area contributed by atoms with Crippen LogP contribution in [0.5, 0.6) is 0 Å². The predicted octanol–water partition coefficient (Wildman–Crippen LogP) is 8.27. The fraction of sp³-hybridized carbons (Fsp3) is 0.479. The van der Waals surface area contributed by atoms with Crippen LogP contribution in [0, 0.1) is 18.2 Å². The first-order valence-corrected chi connectivity index (χ1v) is 23.5. The van der Waals surface area contributed by atoms with Crippen LogP contribution in [-0.2, 0) is 24.3 Å². The van der Waals surface area contributed by atoms with Gasteiger partial charge in [0.2, 0.25) is 5.95 Å². The Morgan fingerprint density at radius 2 is 1.75 bits per heavy atom. The number of aryl methyl sites for hydroxylation is 1. The maximum atomic E-state index is 15.1. The zero-order valence-corrected chi connectivity index (χ0v) is 37.9.